The molecule has 2 aromatic rings. The van der Waals surface area contributed by atoms with Gasteiger partial charge in [0.2, 0.25) is 0 Å². The van der Waals surface area contributed by atoms with Crippen LogP contribution in [0.15, 0.2) is 47.2 Å². The third-order valence-electron chi connectivity index (χ3n) is 4.71. The molecule has 1 aromatic heterocycles. The van der Waals surface area contributed by atoms with Gasteiger partial charge in [0, 0.05) is 55.3 Å². The van der Waals surface area contributed by atoms with Gasteiger partial charge in [0.25, 0.3) is 5.91 Å². The number of carbonyl (C=O) groups is 1. The summed E-state index contributed by atoms with van der Waals surface area (Å²) in [5, 5.41) is 2.96. The Kier molecular flexibility index (Phi) is 7.06. The number of halogens is 1. The zero-order chi connectivity index (χ0) is 19.1. The molecule has 0 radical (unpaired) electrons. The standard InChI is InChI=1S/C20H25BrN4O2/c1-27-19-5-3-18(4-6-19)25-11-9-24(10-12-25)8-2-7-23-20(26)16-13-17(21)15-22-14-16/h3-6,13-15H,2,7-12H2,1H3,(H,23,26). The number of piperazine rings is 1. The molecular formula is C20H25BrN4O2. The first-order valence-corrected chi connectivity index (χ1v) is 9.95. The predicted octanol–water partition coefficient (Wildman–Crippen LogP) is 2.79. The number of anilines is 1. The van der Waals surface area contributed by atoms with E-state index in [4.69, 9.17) is 4.74 Å². The van der Waals surface area contributed by atoms with Gasteiger partial charge in [-0.2, -0.15) is 0 Å². The molecule has 144 valence electrons. The molecule has 1 aliphatic rings. The highest BCUT2D eigenvalue weighted by atomic mass is 79.9. The van der Waals surface area contributed by atoms with Gasteiger partial charge in [-0.15, -0.1) is 0 Å². The smallest absolute Gasteiger partial charge is 0.252 e. The van der Waals surface area contributed by atoms with Gasteiger partial charge in [0.05, 0.1) is 12.7 Å². The van der Waals surface area contributed by atoms with Gasteiger partial charge in [-0.1, -0.05) is 0 Å². The number of amides is 1. The maximum absolute atomic E-state index is 12.1. The SMILES string of the molecule is COc1ccc(N2CCN(CCCNC(=O)c3cncc(Br)c3)CC2)cc1. The molecule has 0 saturated carbocycles. The highest BCUT2D eigenvalue weighted by Gasteiger charge is 2.17. The fourth-order valence-electron chi connectivity index (χ4n) is 3.17. The zero-order valence-corrected chi connectivity index (χ0v) is 17.1. The summed E-state index contributed by atoms with van der Waals surface area (Å²) in [6.07, 6.45) is 4.19. The van der Waals surface area contributed by atoms with Crippen molar-refractivity contribution in [2.75, 3.05) is 51.3 Å². The lowest BCUT2D eigenvalue weighted by Crippen LogP contribution is -2.47. The van der Waals surface area contributed by atoms with E-state index >= 15 is 0 Å². The highest BCUT2D eigenvalue weighted by Crippen LogP contribution is 2.20. The zero-order valence-electron chi connectivity index (χ0n) is 15.5. The number of rotatable bonds is 7. The largest absolute Gasteiger partial charge is 0.497 e. The van der Waals surface area contributed by atoms with Crippen molar-refractivity contribution in [3.63, 3.8) is 0 Å². The van der Waals surface area contributed by atoms with Crippen LogP contribution in [0.25, 0.3) is 0 Å². The van der Waals surface area contributed by atoms with Crippen molar-refractivity contribution in [1.82, 2.24) is 15.2 Å². The normalized spacial score (nSPS) is 14.8. The quantitative estimate of drug-likeness (QED) is 0.681. The number of hydrogen-bond donors (Lipinski definition) is 1. The Morgan fingerprint density at radius 1 is 1.19 bits per heavy atom. The Labute approximate surface area is 168 Å². The lowest BCUT2D eigenvalue weighted by molar-refractivity contribution is 0.0951. The fourth-order valence-corrected chi connectivity index (χ4v) is 3.53. The maximum Gasteiger partial charge on any atom is 0.252 e. The second kappa shape index (κ2) is 9.71. The summed E-state index contributed by atoms with van der Waals surface area (Å²) in [6.45, 7) is 5.77. The van der Waals surface area contributed by atoms with Crippen molar-refractivity contribution in [1.29, 1.82) is 0 Å². The molecule has 0 bridgehead atoms. The topological polar surface area (TPSA) is 57.7 Å². The number of carbonyl (C=O) groups excluding carboxylic acids is 1. The lowest BCUT2D eigenvalue weighted by atomic mass is 10.2. The number of nitrogens with one attached hydrogen (secondary N) is 1. The van der Waals surface area contributed by atoms with Gasteiger partial charge < -0.3 is 15.0 Å². The van der Waals surface area contributed by atoms with E-state index in [-0.39, 0.29) is 5.91 Å². The molecule has 3 rings (SSSR count). The summed E-state index contributed by atoms with van der Waals surface area (Å²) < 4.78 is 6.03. The number of hydrogen-bond acceptors (Lipinski definition) is 5. The van der Waals surface area contributed by atoms with Crippen LogP contribution in [0, 0.1) is 0 Å². The number of methoxy groups -OCH3 is 1. The molecule has 1 fully saturated rings. The molecule has 7 heteroatoms. The first kappa shape index (κ1) is 19.6. The van der Waals surface area contributed by atoms with E-state index in [2.05, 4.69) is 48.2 Å². The van der Waals surface area contributed by atoms with Crippen molar-refractivity contribution in [2.24, 2.45) is 0 Å². The van der Waals surface area contributed by atoms with Crippen molar-refractivity contribution in [3.05, 3.63) is 52.8 Å². The van der Waals surface area contributed by atoms with Crippen LogP contribution in [0.4, 0.5) is 5.69 Å². The van der Waals surface area contributed by atoms with E-state index in [1.807, 2.05) is 12.1 Å². The van der Waals surface area contributed by atoms with E-state index < -0.39 is 0 Å². The second-order valence-electron chi connectivity index (χ2n) is 6.53. The first-order chi connectivity index (χ1) is 13.2. The van der Waals surface area contributed by atoms with Crippen LogP contribution in [-0.4, -0.2) is 62.2 Å². The molecule has 1 amide bonds. The summed E-state index contributed by atoms with van der Waals surface area (Å²) in [6, 6.07) is 10.0. The second-order valence-corrected chi connectivity index (χ2v) is 7.44. The van der Waals surface area contributed by atoms with Gasteiger partial charge in [-0.25, -0.2) is 0 Å². The molecule has 6 nitrogen and oxygen atoms in total. The molecule has 1 saturated heterocycles. The number of nitrogens with zero attached hydrogens (tertiary/aromatic N) is 3. The maximum atomic E-state index is 12.1. The van der Waals surface area contributed by atoms with Gasteiger partial charge >= 0.3 is 0 Å². The van der Waals surface area contributed by atoms with Gasteiger partial charge in [-0.05, 0) is 59.2 Å². The van der Waals surface area contributed by atoms with E-state index in [9.17, 15) is 4.79 Å². The van der Waals surface area contributed by atoms with Crippen molar-refractivity contribution in [2.45, 2.75) is 6.42 Å². The molecule has 2 heterocycles. The monoisotopic (exact) mass is 432 g/mol. The number of benzene rings is 1. The summed E-state index contributed by atoms with van der Waals surface area (Å²) in [5.41, 5.74) is 1.82. The average Bonchev–Trinajstić information content (AvgIpc) is 2.71. The number of aromatic nitrogens is 1. The predicted molar refractivity (Wildman–Crippen MR) is 111 cm³/mol. The highest BCUT2D eigenvalue weighted by molar-refractivity contribution is 9.10. The van der Waals surface area contributed by atoms with Crippen LogP contribution in [0.5, 0.6) is 5.75 Å². The van der Waals surface area contributed by atoms with E-state index in [1.54, 1.807) is 25.6 Å². The Balaban J connectivity index is 1.35. The minimum absolute atomic E-state index is 0.0758. The Hall–Kier alpha value is -2.12. The molecule has 0 atom stereocenters. The lowest BCUT2D eigenvalue weighted by Gasteiger charge is -2.36. The molecule has 27 heavy (non-hydrogen) atoms. The minimum Gasteiger partial charge on any atom is -0.497 e. The van der Waals surface area contributed by atoms with E-state index in [1.165, 1.54) is 5.69 Å². The summed E-state index contributed by atoms with van der Waals surface area (Å²) >= 11 is 3.33. The summed E-state index contributed by atoms with van der Waals surface area (Å²) in [5.74, 6) is 0.811. The van der Waals surface area contributed by atoms with Crippen molar-refractivity contribution < 1.29 is 9.53 Å². The van der Waals surface area contributed by atoms with E-state index in [0.29, 0.717) is 12.1 Å². The van der Waals surface area contributed by atoms with Gasteiger partial charge in [0.1, 0.15) is 5.75 Å². The van der Waals surface area contributed by atoms with E-state index in [0.717, 1.165) is 49.4 Å². The summed E-state index contributed by atoms with van der Waals surface area (Å²) in [4.78, 5) is 21.0. The Morgan fingerprint density at radius 2 is 1.93 bits per heavy atom. The fraction of sp³-hybridized carbons (Fsp3) is 0.400. The van der Waals surface area contributed by atoms with Crippen LogP contribution in [0.2, 0.25) is 0 Å². The van der Waals surface area contributed by atoms with Crippen molar-refractivity contribution in [3.8, 4) is 5.75 Å². The minimum atomic E-state index is -0.0758. The number of pyridine rings is 1. The molecule has 0 unspecified atom stereocenters. The molecule has 1 aromatic carbocycles. The first-order valence-electron chi connectivity index (χ1n) is 9.16. The Morgan fingerprint density at radius 3 is 2.59 bits per heavy atom. The third kappa shape index (κ3) is 5.68. The average molecular weight is 433 g/mol. The van der Waals surface area contributed by atoms with Crippen LogP contribution < -0.4 is 15.0 Å². The third-order valence-corrected chi connectivity index (χ3v) is 5.15. The molecular weight excluding hydrogens is 408 g/mol. The molecule has 1 aliphatic heterocycles. The van der Waals surface area contributed by atoms with Crippen LogP contribution in [0.1, 0.15) is 16.8 Å². The Bertz CT molecular complexity index is 746. The molecule has 0 aliphatic carbocycles. The molecule has 0 spiro atoms. The van der Waals surface area contributed by atoms with Gasteiger partial charge in [-0.3, -0.25) is 14.7 Å². The van der Waals surface area contributed by atoms with Crippen LogP contribution >= 0.6 is 15.9 Å². The number of ether oxygens (including phenoxy) is 1. The molecule has 1 N–H and O–H groups in total. The van der Waals surface area contributed by atoms with Crippen LogP contribution in [-0.2, 0) is 0 Å². The van der Waals surface area contributed by atoms with Crippen molar-refractivity contribution >= 4 is 27.5 Å². The van der Waals surface area contributed by atoms with Crippen LogP contribution in [0.3, 0.4) is 0 Å². The summed E-state index contributed by atoms with van der Waals surface area (Å²) in [7, 11) is 1.69. The van der Waals surface area contributed by atoms with Gasteiger partial charge in [0.15, 0.2) is 0 Å².